The molecule has 6 heteroatoms. The van der Waals surface area contributed by atoms with E-state index in [1.807, 2.05) is 4.90 Å². The number of hydrogen-bond donors (Lipinski definition) is 0. The topological polar surface area (TPSA) is 38.8 Å². The third-order valence-electron chi connectivity index (χ3n) is 4.57. The van der Waals surface area contributed by atoms with Crippen molar-refractivity contribution < 1.29 is 23.0 Å². The molecule has 134 valence electrons. The summed E-state index contributed by atoms with van der Waals surface area (Å²) < 4.78 is 37.7. The number of likely N-dealkylation sites (tertiary alicyclic amines) is 1. The molecule has 2 rings (SSSR count). The lowest BCUT2D eigenvalue weighted by Crippen LogP contribution is -2.48. The van der Waals surface area contributed by atoms with Crippen LogP contribution in [-0.4, -0.2) is 44.3 Å². The molecule has 0 aliphatic carbocycles. The first-order valence-electron chi connectivity index (χ1n) is 8.34. The molecule has 0 spiro atoms. The maximum absolute atomic E-state index is 13.9. The smallest absolute Gasteiger partial charge is 0.313 e. The van der Waals surface area contributed by atoms with Crippen LogP contribution in [0.25, 0.3) is 0 Å². The van der Waals surface area contributed by atoms with Crippen LogP contribution in [0.4, 0.5) is 8.78 Å². The summed E-state index contributed by atoms with van der Waals surface area (Å²) in [6.45, 7) is 4.05. The fraction of sp³-hybridized carbons (Fsp3) is 0.611. The molecule has 1 aromatic rings. The number of nitrogens with zero attached hydrogens (tertiary/aromatic N) is 1. The van der Waals surface area contributed by atoms with Crippen LogP contribution in [0.3, 0.4) is 0 Å². The van der Waals surface area contributed by atoms with Crippen molar-refractivity contribution in [1.82, 2.24) is 4.90 Å². The lowest BCUT2D eigenvalue weighted by atomic mass is 9.77. The predicted octanol–water partition coefficient (Wildman–Crippen LogP) is 3.15. The number of hydrogen-bond acceptors (Lipinski definition) is 4. The van der Waals surface area contributed by atoms with Crippen molar-refractivity contribution in [1.29, 1.82) is 0 Å². The quantitative estimate of drug-likeness (QED) is 0.714. The molecule has 1 heterocycles. The Morgan fingerprint density at radius 3 is 2.88 bits per heavy atom. The van der Waals surface area contributed by atoms with Gasteiger partial charge >= 0.3 is 5.97 Å². The summed E-state index contributed by atoms with van der Waals surface area (Å²) in [5.41, 5.74) is -0.338. The van der Waals surface area contributed by atoms with Gasteiger partial charge in [-0.2, -0.15) is 0 Å². The SMILES string of the molecule is CCOC(=O)[C@]1(CCOC)CCCN(Cc2cccc(F)c2F)C1. The maximum Gasteiger partial charge on any atom is 0.313 e. The van der Waals surface area contributed by atoms with E-state index in [1.165, 1.54) is 6.07 Å². The van der Waals surface area contributed by atoms with Gasteiger partial charge in [0.2, 0.25) is 0 Å². The van der Waals surface area contributed by atoms with Crippen LogP contribution in [0, 0.1) is 17.0 Å². The highest BCUT2D eigenvalue weighted by Gasteiger charge is 2.43. The number of methoxy groups -OCH3 is 1. The van der Waals surface area contributed by atoms with Crippen molar-refractivity contribution in [3.63, 3.8) is 0 Å². The number of esters is 1. The lowest BCUT2D eigenvalue weighted by molar-refractivity contribution is -0.160. The van der Waals surface area contributed by atoms with Gasteiger partial charge in [0.1, 0.15) is 0 Å². The third kappa shape index (κ3) is 4.30. The van der Waals surface area contributed by atoms with Crippen LogP contribution in [0.15, 0.2) is 18.2 Å². The van der Waals surface area contributed by atoms with Gasteiger partial charge in [0.05, 0.1) is 12.0 Å². The van der Waals surface area contributed by atoms with Gasteiger partial charge in [-0.05, 0) is 38.8 Å². The minimum absolute atomic E-state index is 0.230. The summed E-state index contributed by atoms with van der Waals surface area (Å²) in [6, 6.07) is 4.19. The zero-order valence-corrected chi connectivity index (χ0v) is 14.3. The molecule has 0 amide bonds. The van der Waals surface area contributed by atoms with Gasteiger partial charge in [-0.3, -0.25) is 9.69 Å². The van der Waals surface area contributed by atoms with Crippen LogP contribution in [0.5, 0.6) is 0 Å². The van der Waals surface area contributed by atoms with E-state index in [9.17, 15) is 13.6 Å². The molecule has 0 N–H and O–H groups in total. The minimum Gasteiger partial charge on any atom is -0.466 e. The fourth-order valence-corrected chi connectivity index (χ4v) is 3.33. The van der Waals surface area contributed by atoms with Crippen LogP contribution in [-0.2, 0) is 20.8 Å². The van der Waals surface area contributed by atoms with Crippen molar-refractivity contribution in [3.05, 3.63) is 35.4 Å². The van der Waals surface area contributed by atoms with Crippen LogP contribution >= 0.6 is 0 Å². The second-order valence-electron chi connectivity index (χ2n) is 6.27. The van der Waals surface area contributed by atoms with Crippen molar-refractivity contribution in [3.8, 4) is 0 Å². The van der Waals surface area contributed by atoms with Gasteiger partial charge in [-0.15, -0.1) is 0 Å². The Hall–Kier alpha value is -1.53. The first kappa shape index (κ1) is 18.8. The Labute approximate surface area is 141 Å². The molecule has 1 atom stereocenters. The molecule has 0 radical (unpaired) electrons. The molecular formula is C18H25F2NO3. The number of ether oxygens (including phenoxy) is 2. The molecule has 0 bridgehead atoms. The lowest BCUT2D eigenvalue weighted by Gasteiger charge is -2.41. The minimum atomic E-state index is -0.847. The summed E-state index contributed by atoms with van der Waals surface area (Å²) in [6.07, 6.45) is 2.08. The number of carbonyl (C=O) groups is 1. The monoisotopic (exact) mass is 341 g/mol. The predicted molar refractivity (Wildman–Crippen MR) is 86.4 cm³/mol. The molecule has 1 aliphatic heterocycles. The maximum atomic E-state index is 13.9. The highest BCUT2D eigenvalue weighted by Crippen LogP contribution is 2.36. The Morgan fingerprint density at radius 2 is 2.17 bits per heavy atom. The number of rotatable bonds is 7. The number of benzene rings is 1. The average molecular weight is 341 g/mol. The normalized spacial score (nSPS) is 21.7. The first-order chi connectivity index (χ1) is 11.5. The molecular weight excluding hydrogens is 316 g/mol. The Balaban J connectivity index is 2.14. The van der Waals surface area contributed by atoms with Gasteiger partial charge in [-0.1, -0.05) is 12.1 Å². The standard InChI is InChI=1S/C18H25F2NO3/c1-3-24-17(22)18(9-11-23-2)8-5-10-21(13-18)12-14-6-4-7-15(19)16(14)20/h4,6-7H,3,5,8-13H2,1-2H3/t18-/m0/s1. The van der Waals surface area contributed by atoms with Gasteiger partial charge in [0.15, 0.2) is 11.6 Å². The first-order valence-corrected chi connectivity index (χ1v) is 8.34. The molecule has 1 aromatic carbocycles. The van der Waals surface area contributed by atoms with Gasteiger partial charge in [0, 0.05) is 32.4 Å². The van der Waals surface area contributed by atoms with E-state index in [0.29, 0.717) is 31.7 Å². The second kappa shape index (κ2) is 8.53. The summed E-state index contributed by atoms with van der Waals surface area (Å²) >= 11 is 0. The van der Waals surface area contributed by atoms with Gasteiger partial charge < -0.3 is 9.47 Å². The van der Waals surface area contributed by atoms with Crippen molar-refractivity contribution in [2.24, 2.45) is 5.41 Å². The second-order valence-corrected chi connectivity index (χ2v) is 6.27. The molecule has 4 nitrogen and oxygen atoms in total. The zero-order chi connectivity index (χ0) is 17.6. The number of carbonyl (C=O) groups excluding carboxylic acids is 1. The Bertz CT molecular complexity index is 567. The zero-order valence-electron chi connectivity index (χ0n) is 14.3. The molecule has 24 heavy (non-hydrogen) atoms. The van der Waals surface area contributed by atoms with Crippen LogP contribution in [0.2, 0.25) is 0 Å². The molecule has 1 aliphatic rings. The van der Waals surface area contributed by atoms with E-state index < -0.39 is 17.0 Å². The van der Waals surface area contributed by atoms with E-state index >= 15 is 0 Å². The summed E-state index contributed by atoms with van der Waals surface area (Å²) in [4.78, 5) is 14.5. The summed E-state index contributed by atoms with van der Waals surface area (Å²) in [5, 5.41) is 0. The fourth-order valence-electron chi connectivity index (χ4n) is 3.33. The molecule has 0 unspecified atom stereocenters. The van der Waals surface area contributed by atoms with Crippen LogP contribution in [0.1, 0.15) is 31.7 Å². The third-order valence-corrected chi connectivity index (χ3v) is 4.57. The van der Waals surface area contributed by atoms with E-state index in [0.717, 1.165) is 25.5 Å². The molecule has 1 fully saturated rings. The number of piperidine rings is 1. The highest BCUT2D eigenvalue weighted by atomic mass is 19.2. The summed E-state index contributed by atoms with van der Waals surface area (Å²) in [7, 11) is 1.60. The van der Waals surface area contributed by atoms with E-state index in [2.05, 4.69) is 0 Å². The highest BCUT2D eigenvalue weighted by molar-refractivity contribution is 5.77. The van der Waals surface area contributed by atoms with E-state index in [-0.39, 0.29) is 12.5 Å². The van der Waals surface area contributed by atoms with Crippen molar-refractivity contribution in [2.75, 3.05) is 33.4 Å². The largest absolute Gasteiger partial charge is 0.466 e. The van der Waals surface area contributed by atoms with Gasteiger partial charge in [-0.25, -0.2) is 8.78 Å². The summed E-state index contributed by atoms with van der Waals surface area (Å²) in [5.74, 6) is -1.89. The molecule has 0 saturated carbocycles. The van der Waals surface area contributed by atoms with Crippen molar-refractivity contribution >= 4 is 5.97 Å². The van der Waals surface area contributed by atoms with Crippen molar-refractivity contribution in [2.45, 2.75) is 32.7 Å². The van der Waals surface area contributed by atoms with Gasteiger partial charge in [0.25, 0.3) is 0 Å². The Kier molecular flexibility index (Phi) is 6.69. The van der Waals surface area contributed by atoms with Crippen LogP contribution < -0.4 is 0 Å². The number of halogens is 2. The Morgan fingerprint density at radius 1 is 1.38 bits per heavy atom. The van der Waals surface area contributed by atoms with E-state index in [4.69, 9.17) is 9.47 Å². The molecule has 1 saturated heterocycles. The average Bonchev–Trinajstić information content (AvgIpc) is 2.58. The van der Waals surface area contributed by atoms with E-state index in [1.54, 1.807) is 20.1 Å². The molecule has 0 aromatic heterocycles.